The second-order valence-corrected chi connectivity index (χ2v) is 7.23. The Labute approximate surface area is 161 Å². The predicted octanol–water partition coefficient (Wildman–Crippen LogP) is 3.09. The van der Waals surface area contributed by atoms with Crippen LogP contribution >= 0.6 is 11.3 Å². The molecule has 140 valence electrons. The van der Waals surface area contributed by atoms with Crippen LogP contribution in [0.5, 0.6) is 0 Å². The first-order chi connectivity index (χ1) is 13.0. The number of anilines is 1. The van der Waals surface area contributed by atoms with E-state index < -0.39 is 5.97 Å². The molecule has 2 heterocycles. The third-order valence-electron chi connectivity index (χ3n) is 4.36. The standard InChI is InChI=1S/C20H20N2O4S/c1-13(23)22-11-10-15-16(12-22)27-19(18(15)20(25)26-2)21-17(24)9-8-14-6-4-3-5-7-14/h3-9H,10-12H2,1-2H3,(H,21,24). The number of fused-ring (bicyclic) bond motifs is 1. The zero-order valence-electron chi connectivity index (χ0n) is 15.2. The molecule has 0 spiro atoms. The Morgan fingerprint density at radius 2 is 1.96 bits per heavy atom. The quantitative estimate of drug-likeness (QED) is 0.649. The summed E-state index contributed by atoms with van der Waals surface area (Å²) in [5.41, 5.74) is 2.15. The Balaban J connectivity index is 1.84. The van der Waals surface area contributed by atoms with Gasteiger partial charge in [-0.25, -0.2) is 4.79 Å². The van der Waals surface area contributed by atoms with Crippen LogP contribution in [0.1, 0.15) is 33.3 Å². The number of thiophene rings is 1. The SMILES string of the molecule is COC(=O)c1c(NC(=O)C=Cc2ccccc2)sc2c1CCN(C(C)=O)C2. The predicted molar refractivity (Wildman–Crippen MR) is 105 cm³/mol. The number of nitrogens with one attached hydrogen (secondary N) is 1. The van der Waals surface area contributed by atoms with Crippen LogP contribution in [0.2, 0.25) is 0 Å². The molecule has 6 nitrogen and oxygen atoms in total. The minimum absolute atomic E-state index is 0.00921. The molecule has 0 aliphatic carbocycles. The van der Waals surface area contributed by atoms with Crippen molar-refractivity contribution < 1.29 is 19.1 Å². The van der Waals surface area contributed by atoms with Crippen LogP contribution in [0.15, 0.2) is 36.4 Å². The van der Waals surface area contributed by atoms with Crippen molar-refractivity contribution >= 4 is 40.2 Å². The van der Waals surface area contributed by atoms with Crippen LogP contribution in [0.25, 0.3) is 6.08 Å². The number of hydrogen-bond acceptors (Lipinski definition) is 5. The van der Waals surface area contributed by atoms with Crippen molar-refractivity contribution in [1.29, 1.82) is 0 Å². The maximum Gasteiger partial charge on any atom is 0.341 e. The van der Waals surface area contributed by atoms with Crippen molar-refractivity contribution in [1.82, 2.24) is 4.90 Å². The minimum atomic E-state index is -0.480. The fourth-order valence-corrected chi connectivity index (χ4v) is 4.22. The van der Waals surface area contributed by atoms with E-state index in [2.05, 4.69) is 5.32 Å². The van der Waals surface area contributed by atoms with E-state index in [0.717, 1.165) is 16.0 Å². The van der Waals surface area contributed by atoms with Gasteiger partial charge < -0.3 is 15.0 Å². The average Bonchev–Trinajstić information content (AvgIpc) is 3.03. The highest BCUT2D eigenvalue weighted by Crippen LogP contribution is 2.37. The maximum atomic E-state index is 12.3. The van der Waals surface area contributed by atoms with Gasteiger partial charge in [0.05, 0.1) is 19.2 Å². The Bertz CT molecular complexity index is 902. The number of carbonyl (C=O) groups excluding carboxylic acids is 3. The van der Waals surface area contributed by atoms with Gasteiger partial charge >= 0.3 is 5.97 Å². The Hall–Kier alpha value is -2.93. The number of hydrogen-bond donors (Lipinski definition) is 1. The first kappa shape index (κ1) is 18.8. The van der Waals surface area contributed by atoms with Gasteiger partial charge in [-0.2, -0.15) is 0 Å². The van der Waals surface area contributed by atoms with Crippen LogP contribution < -0.4 is 5.32 Å². The number of nitrogens with zero attached hydrogens (tertiary/aromatic N) is 1. The number of rotatable bonds is 4. The van der Waals surface area contributed by atoms with E-state index >= 15 is 0 Å². The number of amides is 2. The summed E-state index contributed by atoms with van der Waals surface area (Å²) >= 11 is 1.32. The average molecular weight is 384 g/mol. The zero-order valence-corrected chi connectivity index (χ0v) is 16.0. The third kappa shape index (κ3) is 4.25. The molecule has 1 aliphatic rings. The Morgan fingerprint density at radius 3 is 2.63 bits per heavy atom. The van der Waals surface area contributed by atoms with Crippen LogP contribution in [-0.2, 0) is 27.3 Å². The maximum absolute atomic E-state index is 12.3. The molecule has 1 aromatic carbocycles. The summed E-state index contributed by atoms with van der Waals surface area (Å²) in [6.45, 7) is 2.51. The molecule has 1 aliphatic heterocycles. The van der Waals surface area contributed by atoms with E-state index in [-0.39, 0.29) is 11.8 Å². The van der Waals surface area contributed by atoms with Crippen molar-refractivity contribution in [2.24, 2.45) is 0 Å². The summed E-state index contributed by atoms with van der Waals surface area (Å²) in [5.74, 6) is -0.817. The van der Waals surface area contributed by atoms with Gasteiger partial charge in [0.1, 0.15) is 5.00 Å². The molecular formula is C20H20N2O4S. The lowest BCUT2D eigenvalue weighted by molar-refractivity contribution is -0.129. The summed E-state index contributed by atoms with van der Waals surface area (Å²) in [5, 5.41) is 3.24. The molecule has 0 bridgehead atoms. The van der Waals surface area contributed by atoms with Crippen molar-refractivity contribution in [3.8, 4) is 0 Å². The number of benzene rings is 1. The van der Waals surface area contributed by atoms with Gasteiger partial charge in [-0.3, -0.25) is 9.59 Å². The second-order valence-electron chi connectivity index (χ2n) is 6.12. The van der Waals surface area contributed by atoms with Crippen LogP contribution in [0.4, 0.5) is 5.00 Å². The van der Waals surface area contributed by atoms with E-state index in [1.165, 1.54) is 31.4 Å². The molecule has 0 radical (unpaired) electrons. The molecule has 0 atom stereocenters. The second kappa shape index (κ2) is 8.18. The first-order valence-corrected chi connectivity index (χ1v) is 9.33. The summed E-state index contributed by atoms with van der Waals surface area (Å²) in [6, 6.07) is 9.47. The normalized spacial score (nSPS) is 13.3. The lowest BCUT2D eigenvalue weighted by Gasteiger charge is -2.25. The molecular weight excluding hydrogens is 364 g/mol. The van der Waals surface area contributed by atoms with Crippen LogP contribution in [-0.4, -0.2) is 36.3 Å². The topological polar surface area (TPSA) is 75.7 Å². The van der Waals surface area contributed by atoms with Gasteiger partial charge in [-0.15, -0.1) is 11.3 Å². The summed E-state index contributed by atoms with van der Waals surface area (Å²) in [6.07, 6.45) is 3.70. The van der Waals surface area contributed by atoms with Gasteiger partial charge in [0.25, 0.3) is 0 Å². The molecule has 2 aromatic rings. The van der Waals surface area contributed by atoms with E-state index in [9.17, 15) is 14.4 Å². The monoisotopic (exact) mass is 384 g/mol. The van der Waals surface area contributed by atoms with E-state index in [0.29, 0.717) is 30.1 Å². The number of methoxy groups -OCH3 is 1. The number of carbonyl (C=O) groups is 3. The third-order valence-corrected chi connectivity index (χ3v) is 5.49. The molecule has 27 heavy (non-hydrogen) atoms. The zero-order chi connectivity index (χ0) is 19.4. The van der Waals surface area contributed by atoms with Gasteiger partial charge in [-0.1, -0.05) is 30.3 Å². The van der Waals surface area contributed by atoms with Crippen molar-refractivity contribution in [3.05, 3.63) is 58.0 Å². The molecule has 0 saturated heterocycles. The largest absolute Gasteiger partial charge is 0.465 e. The first-order valence-electron chi connectivity index (χ1n) is 8.52. The Kier molecular flexibility index (Phi) is 5.71. The fourth-order valence-electron chi connectivity index (χ4n) is 2.97. The molecule has 3 rings (SSSR count). The highest BCUT2D eigenvalue weighted by Gasteiger charge is 2.29. The molecule has 0 saturated carbocycles. The fraction of sp³-hybridized carbons (Fsp3) is 0.250. The molecule has 0 fully saturated rings. The van der Waals surface area contributed by atoms with Gasteiger partial charge in [-0.05, 0) is 23.6 Å². The summed E-state index contributed by atoms with van der Waals surface area (Å²) < 4.78 is 4.90. The van der Waals surface area contributed by atoms with E-state index in [4.69, 9.17) is 4.74 Å². The molecule has 1 N–H and O–H groups in total. The van der Waals surface area contributed by atoms with Crippen molar-refractivity contribution in [2.45, 2.75) is 19.9 Å². The van der Waals surface area contributed by atoms with Crippen molar-refractivity contribution in [2.75, 3.05) is 19.0 Å². The highest BCUT2D eigenvalue weighted by molar-refractivity contribution is 7.17. The smallest absolute Gasteiger partial charge is 0.341 e. The Morgan fingerprint density at radius 1 is 1.22 bits per heavy atom. The summed E-state index contributed by atoms with van der Waals surface area (Å²) in [4.78, 5) is 38.9. The van der Waals surface area contributed by atoms with Crippen LogP contribution in [0, 0.1) is 0 Å². The minimum Gasteiger partial charge on any atom is -0.465 e. The highest BCUT2D eigenvalue weighted by atomic mass is 32.1. The molecule has 1 aromatic heterocycles. The van der Waals surface area contributed by atoms with Gasteiger partial charge in [0, 0.05) is 24.4 Å². The summed E-state index contributed by atoms with van der Waals surface area (Å²) in [7, 11) is 1.32. The lowest BCUT2D eigenvalue weighted by Crippen LogP contribution is -2.33. The van der Waals surface area contributed by atoms with Crippen LogP contribution in [0.3, 0.4) is 0 Å². The van der Waals surface area contributed by atoms with Gasteiger partial charge in [0.15, 0.2) is 0 Å². The lowest BCUT2D eigenvalue weighted by atomic mass is 10.0. The molecule has 2 amide bonds. The van der Waals surface area contributed by atoms with E-state index in [1.54, 1.807) is 11.0 Å². The number of esters is 1. The van der Waals surface area contributed by atoms with E-state index in [1.807, 2.05) is 30.3 Å². The van der Waals surface area contributed by atoms with Crippen molar-refractivity contribution in [3.63, 3.8) is 0 Å². The molecule has 0 unspecified atom stereocenters. The molecule has 7 heteroatoms. The number of ether oxygens (including phenoxy) is 1. The van der Waals surface area contributed by atoms with Gasteiger partial charge in [0.2, 0.25) is 11.8 Å².